The third kappa shape index (κ3) is 54.2. The highest BCUT2D eigenvalue weighted by atomic mass is 16.6. The van der Waals surface area contributed by atoms with Crippen LogP contribution in [0.5, 0.6) is 0 Å². The normalized spacial score (nSPS) is 12.3. The molecule has 0 bridgehead atoms. The van der Waals surface area contributed by atoms with E-state index < -0.39 is 6.10 Å². The van der Waals surface area contributed by atoms with Crippen LogP contribution in [0.2, 0.25) is 0 Å². The monoisotopic (exact) mass is 939 g/mol. The predicted molar refractivity (Wildman–Crippen MR) is 289 cm³/mol. The van der Waals surface area contributed by atoms with Gasteiger partial charge in [-0.2, -0.15) is 0 Å². The molecular weight excluding hydrogens is 829 g/mol. The van der Waals surface area contributed by atoms with Crippen molar-refractivity contribution in [2.45, 2.75) is 309 Å². The summed E-state index contributed by atoms with van der Waals surface area (Å²) in [6.07, 6.45) is 68.2. The molecule has 0 aliphatic carbocycles. The Kier molecular flexibility index (Phi) is 53.8. The van der Waals surface area contributed by atoms with Gasteiger partial charge in [-0.3, -0.25) is 14.4 Å². The first-order valence-electron chi connectivity index (χ1n) is 29.1. The molecule has 0 aliphatic heterocycles. The molecule has 0 aromatic heterocycles. The number of allylic oxidation sites excluding steroid dienone is 8. The highest BCUT2D eigenvalue weighted by molar-refractivity contribution is 5.71. The Hall–Kier alpha value is -2.63. The zero-order valence-electron chi connectivity index (χ0n) is 44.7. The molecule has 0 aromatic rings. The molecule has 0 fully saturated rings. The maximum absolute atomic E-state index is 12.8. The summed E-state index contributed by atoms with van der Waals surface area (Å²) in [7, 11) is 0. The van der Waals surface area contributed by atoms with Crippen molar-refractivity contribution in [3.05, 3.63) is 48.6 Å². The Bertz CT molecular complexity index is 1170. The van der Waals surface area contributed by atoms with Crippen molar-refractivity contribution >= 4 is 17.9 Å². The summed E-state index contributed by atoms with van der Waals surface area (Å²) < 4.78 is 16.8. The van der Waals surface area contributed by atoms with Crippen LogP contribution in [0, 0.1) is 0 Å². The Morgan fingerprint density at radius 2 is 0.537 bits per heavy atom. The number of esters is 3. The van der Waals surface area contributed by atoms with Gasteiger partial charge in [-0.15, -0.1) is 0 Å². The second kappa shape index (κ2) is 56.0. The molecule has 0 radical (unpaired) electrons. The fourth-order valence-corrected chi connectivity index (χ4v) is 8.39. The minimum absolute atomic E-state index is 0.0744. The second-order valence-corrected chi connectivity index (χ2v) is 19.6. The summed E-state index contributed by atoms with van der Waals surface area (Å²) in [5.41, 5.74) is 0. The molecule has 1 unspecified atom stereocenters. The van der Waals surface area contributed by atoms with Gasteiger partial charge in [-0.05, 0) is 83.5 Å². The van der Waals surface area contributed by atoms with Gasteiger partial charge in [0.1, 0.15) is 13.2 Å². The molecule has 6 nitrogen and oxygen atoms in total. The van der Waals surface area contributed by atoms with E-state index in [1.807, 2.05) is 0 Å². The SMILES string of the molecule is CCCCC/C=C\C/C=C\CCCCCCCCCC(=O)OC(COC(=O)CCCCCCCCCCC)COC(=O)CCCCCCCCCCCCC/C=C\C/C=C\CCCCCCC. The summed E-state index contributed by atoms with van der Waals surface area (Å²) >= 11 is 0. The van der Waals surface area contributed by atoms with Gasteiger partial charge in [0.05, 0.1) is 0 Å². The van der Waals surface area contributed by atoms with Gasteiger partial charge in [-0.25, -0.2) is 0 Å². The molecule has 0 heterocycles. The quantitative estimate of drug-likeness (QED) is 0.0262. The highest BCUT2D eigenvalue weighted by Gasteiger charge is 2.19. The van der Waals surface area contributed by atoms with Crippen molar-refractivity contribution < 1.29 is 28.6 Å². The topological polar surface area (TPSA) is 78.9 Å². The van der Waals surface area contributed by atoms with E-state index in [0.29, 0.717) is 19.3 Å². The van der Waals surface area contributed by atoms with E-state index in [1.54, 1.807) is 0 Å². The first-order chi connectivity index (χ1) is 33.0. The van der Waals surface area contributed by atoms with Crippen LogP contribution in [0.3, 0.4) is 0 Å². The zero-order chi connectivity index (χ0) is 48.6. The Labute approximate surface area is 416 Å². The van der Waals surface area contributed by atoms with E-state index in [1.165, 1.54) is 186 Å². The Balaban J connectivity index is 4.23. The minimum atomic E-state index is -0.775. The fraction of sp³-hybridized carbons (Fsp3) is 0.820. The molecule has 6 heteroatoms. The van der Waals surface area contributed by atoms with Crippen molar-refractivity contribution in [1.29, 1.82) is 0 Å². The van der Waals surface area contributed by atoms with Crippen LogP contribution >= 0.6 is 0 Å². The van der Waals surface area contributed by atoms with Gasteiger partial charge < -0.3 is 14.2 Å². The fourth-order valence-electron chi connectivity index (χ4n) is 8.39. The molecule has 0 N–H and O–H groups in total. The molecule has 0 amide bonds. The van der Waals surface area contributed by atoms with E-state index in [-0.39, 0.29) is 31.1 Å². The van der Waals surface area contributed by atoms with Crippen molar-refractivity contribution in [3.63, 3.8) is 0 Å². The van der Waals surface area contributed by atoms with Crippen molar-refractivity contribution in [3.8, 4) is 0 Å². The van der Waals surface area contributed by atoms with Crippen LogP contribution in [0.15, 0.2) is 48.6 Å². The van der Waals surface area contributed by atoms with Crippen LogP contribution in [0.4, 0.5) is 0 Å². The Morgan fingerprint density at radius 3 is 0.851 bits per heavy atom. The van der Waals surface area contributed by atoms with Crippen LogP contribution in [-0.2, 0) is 28.6 Å². The van der Waals surface area contributed by atoms with Crippen molar-refractivity contribution in [1.82, 2.24) is 0 Å². The number of hydrogen-bond acceptors (Lipinski definition) is 6. The number of hydrogen-bond donors (Lipinski definition) is 0. The van der Waals surface area contributed by atoms with E-state index in [2.05, 4.69) is 69.4 Å². The van der Waals surface area contributed by atoms with Crippen LogP contribution in [-0.4, -0.2) is 37.2 Å². The molecule has 0 saturated carbocycles. The number of carbonyl (C=O) groups excluding carboxylic acids is 3. The molecule has 0 aliphatic rings. The van der Waals surface area contributed by atoms with Gasteiger partial charge >= 0.3 is 17.9 Å². The standard InChI is InChI=1S/C61H110O6/c1-4-7-10-13-16-19-21-23-25-27-28-29-30-31-32-34-35-37-39-42-45-48-51-54-60(63)66-57-58(56-65-59(62)53-50-47-44-41-18-15-12-9-6-3)67-61(64)55-52-49-46-43-40-38-36-33-26-24-22-20-17-14-11-8-5-2/h17,20-21,23-24,26-28,58H,4-16,18-19,22,25,29-57H2,1-3H3/b20-17-,23-21-,26-24-,28-27-. The zero-order valence-corrected chi connectivity index (χ0v) is 44.7. The summed E-state index contributed by atoms with van der Waals surface area (Å²) in [5.74, 6) is -0.874. The number of rotatable bonds is 53. The summed E-state index contributed by atoms with van der Waals surface area (Å²) in [6, 6.07) is 0. The largest absolute Gasteiger partial charge is 0.462 e. The number of unbranched alkanes of at least 4 members (excludes halogenated alkanes) is 34. The van der Waals surface area contributed by atoms with Crippen LogP contribution in [0.1, 0.15) is 303 Å². The van der Waals surface area contributed by atoms with Gasteiger partial charge in [0.2, 0.25) is 0 Å². The Morgan fingerprint density at radius 1 is 0.299 bits per heavy atom. The summed E-state index contributed by atoms with van der Waals surface area (Å²) in [6.45, 7) is 6.61. The molecule has 390 valence electrons. The van der Waals surface area contributed by atoms with Gasteiger partial charge in [-0.1, -0.05) is 249 Å². The first-order valence-corrected chi connectivity index (χ1v) is 29.1. The van der Waals surface area contributed by atoms with E-state index in [9.17, 15) is 14.4 Å². The highest BCUT2D eigenvalue weighted by Crippen LogP contribution is 2.16. The van der Waals surface area contributed by atoms with Gasteiger partial charge in [0.15, 0.2) is 6.10 Å². The summed E-state index contributed by atoms with van der Waals surface area (Å²) in [4.78, 5) is 38.0. The van der Waals surface area contributed by atoms with Crippen molar-refractivity contribution in [2.24, 2.45) is 0 Å². The van der Waals surface area contributed by atoms with Crippen molar-refractivity contribution in [2.75, 3.05) is 13.2 Å². The minimum Gasteiger partial charge on any atom is -0.462 e. The lowest BCUT2D eigenvalue weighted by Crippen LogP contribution is -2.30. The summed E-state index contributed by atoms with van der Waals surface area (Å²) in [5, 5.41) is 0. The lowest BCUT2D eigenvalue weighted by atomic mass is 10.0. The number of carbonyl (C=O) groups is 3. The average molecular weight is 940 g/mol. The van der Waals surface area contributed by atoms with Crippen LogP contribution < -0.4 is 0 Å². The third-order valence-corrected chi connectivity index (χ3v) is 12.8. The molecule has 0 rings (SSSR count). The lowest BCUT2D eigenvalue weighted by molar-refractivity contribution is -0.167. The third-order valence-electron chi connectivity index (χ3n) is 12.8. The second-order valence-electron chi connectivity index (χ2n) is 19.6. The molecule has 0 aromatic carbocycles. The lowest BCUT2D eigenvalue weighted by Gasteiger charge is -2.18. The smallest absolute Gasteiger partial charge is 0.306 e. The molecule has 1 atom stereocenters. The molecule has 0 saturated heterocycles. The first kappa shape index (κ1) is 64.4. The van der Waals surface area contributed by atoms with Gasteiger partial charge in [0, 0.05) is 19.3 Å². The molecule has 0 spiro atoms. The van der Waals surface area contributed by atoms with Gasteiger partial charge in [0.25, 0.3) is 0 Å². The maximum Gasteiger partial charge on any atom is 0.306 e. The van der Waals surface area contributed by atoms with E-state index >= 15 is 0 Å². The predicted octanol–water partition coefficient (Wildman–Crippen LogP) is 19.4. The van der Waals surface area contributed by atoms with E-state index in [4.69, 9.17) is 14.2 Å². The maximum atomic E-state index is 12.8. The molecule has 67 heavy (non-hydrogen) atoms. The molecular formula is C61H110O6. The average Bonchev–Trinajstić information content (AvgIpc) is 3.33. The van der Waals surface area contributed by atoms with Crippen LogP contribution in [0.25, 0.3) is 0 Å². The number of ether oxygens (including phenoxy) is 3. The van der Waals surface area contributed by atoms with E-state index in [0.717, 1.165) is 77.0 Å².